The molecule has 0 radical (unpaired) electrons. The molecule has 2 aromatic carbocycles. The first-order valence-corrected chi connectivity index (χ1v) is 9.38. The van der Waals surface area contributed by atoms with Gasteiger partial charge in [0.05, 0.1) is 15.6 Å². The minimum atomic E-state index is -0.721. The lowest BCUT2D eigenvalue weighted by Crippen LogP contribution is -2.30. The fraction of sp³-hybridized carbons (Fsp3) is 0.222. The summed E-state index contributed by atoms with van der Waals surface area (Å²) in [6.07, 6.45) is 2.00. The molecular weight excluding hydrogens is 381 g/mol. The SMILES string of the molecule is CSc1ccc(CN(C)C(=O)COC(=O)c2c(Cl)cccc2Cl)cc1. The monoisotopic (exact) mass is 397 g/mol. The Labute approximate surface area is 161 Å². The molecule has 0 bridgehead atoms. The maximum Gasteiger partial charge on any atom is 0.341 e. The van der Waals surface area contributed by atoms with Crippen molar-refractivity contribution in [3.05, 3.63) is 63.6 Å². The average Bonchev–Trinajstić information content (AvgIpc) is 2.60. The third-order valence-electron chi connectivity index (χ3n) is 3.50. The number of hydrogen-bond acceptors (Lipinski definition) is 4. The molecular formula is C18H17Cl2NO3S. The van der Waals surface area contributed by atoms with E-state index in [1.807, 2.05) is 30.5 Å². The van der Waals surface area contributed by atoms with Gasteiger partial charge in [-0.2, -0.15) is 0 Å². The number of hydrogen-bond donors (Lipinski definition) is 0. The van der Waals surface area contributed by atoms with Crippen LogP contribution in [0.25, 0.3) is 0 Å². The molecule has 0 N–H and O–H groups in total. The van der Waals surface area contributed by atoms with E-state index in [1.165, 1.54) is 17.0 Å². The van der Waals surface area contributed by atoms with Crippen LogP contribution < -0.4 is 0 Å². The zero-order chi connectivity index (χ0) is 18.4. The predicted molar refractivity (Wildman–Crippen MR) is 101 cm³/mol. The molecule has 1 amide bonds. The number of ether oxygens (including phenoxy) is 1. The van der Waals surface area contributed by atoms with Gasteiger partial charge in [0.1, 0.15) is 0 Å². The highest BCUT2D eigenvalue weighted by Crippen LogP contribution is 2.25. The van der Waals surface area contributed by atoms with Gasteiger partial charge in [-0.25, -0.2) is 4.79 Å². The van der Waals surface area contributed by atoms with Crippen LogP contribution in [0.1, 0.15) is 15.9 Å². The van der Waals surface area contributed by atoms with Crippen molar-refractivity contribution in [3.63, 3.8) is 0 Å². The molecule has 0 aromatic heterocycles. The van der Waals surface area contributed by atoms with E-state index in [1.54, 1.807) is 24.9 Å². The summed E-state index contributed by atoms with van der Waals surface area (Å²) >= 11 is 13.6. The molecule has 0 aliphatic carbocycles. The van der Waals surface area contributed by atoms with Gasteiger partial charge in [0.2, 0.25) is 0 Å². The molecule has 0 heterocycles. The third-order valence-corrected chi connectivity index (χ3v) is 4.87. The highest BCUT2D eigenvalue weighted by Gasteiger charge is 2.18. The summed E-state index contributed by atoms with van der Waals surface area (Å²) in [6, 6.07) is 12.6. The summed E-state index contributed by atoms with van der Waals surface area (Å²) in [5.41, 5.74) is 1.06. The highest BCUT2D eigenvalue weighted by molar-refractivity contribution is 7.98. The van der Waals surface area contributed by atoms with Gasteiger partial charge in [-0.3, -0.25) is 4.79 Å². The first kappa shape index (κ1) is 19.6. The van der Waals surface area contributed by atoms with Gasteiger partial charge in [0, 0.05) is 18.5 Å². The summed E-state index contributed by atoms with van der Waals surface area (Å²) in [5, 5.41) is 0.374. The Balaban J connectivity index is 1.91. The maximum absolute atomic E-state index is 12.2. The second-order valence-corrected chi connectivity index (χ2v) is 6.96. The molecule has 0 aliphatic rings. The molecule has 0 saturated carbocycles. The van der Waals surface area contributed by atoms with Gasteiger partial charge >= 0.3 is 5.97 Å². The number of benzene rings is 2. The number of esters is 1. The van der Waals surface area contributed by atoms with Gasteiger partial charge in [-0.1, -0.05) is 41.4 Å². The van der Waals surface area contributed by atoms with Crippen molar-refractivity contribution < 1.29 is 14.3 Å². The molecule has 0 atom stereocenters. The zero-order valence-electron chi connectivity index (χ0n) is 13.8. The molecule has 4 nitrogen and oxygen atoms in total. The summed E-state index contributed by atoms with van der Waals surface area (Å²) in [4.78, 5) is 26.9. The van der Waals surface area contributed by atoms with Crippen molar-refractivity contribution in [3.8, 4) is 0 Å². The summed E-state index contributed by atoms with van der Waals surface area (Å²) in [7, 11) is 1.65. The molecule has 2 aromatic rings. The van der Waals surface area contributed by atoms with E-state index >= 15 is 0 Å². The van der Waals surface area contributed by atoms with Crippen molar-refractivity contribution in [2.45, 2.75) is 11.4 Å². The minimum absolute atomic E-state index is 0.0638. The average molecular weight is 398 g/mol. The van der Waals surface area contributed by atoms with E-state index in [0.717, 1.165) is 10.5 Å². The van der Waals surface area contributed by atoms with E-state index in [0.29, 0.717) is 6.54 Å². The molecule has 7 heteroatoms. The Morgan fingerprint density at radius 1 is 1.08 bits per heavy atom. The fourth-order valence-electron chi connectivity index (χ4n) is 2.10. The fourth-order valence-corrected chi connectivity index (χ4v) is 3.06. The number of thioether (sulfide) groups is 1. The number of likely N-dealkylation sites (N-methyl/N-ethyl adjacent to an activating group) is 1. The van der Waals surface area contributed by atoms with Gasteiger partial charge in [-0.15, -0.1) is 11.8 Å². The number of amides is 1. The molecule has 2 rings (SSSR count). The van der Waals surface area contributed by atoms with Crippen molar-refractivity contribution in [1.29, 1.82) is 0 Å². The maximum atomic E-state index is 12.2. The normalized spacial score (nSPS) is 10.4. The van der Waals surface area contributed by atoms with E-state index < -0.39 is 5.97 Å². The van der Waals surface area contributed by atoms with E-state index in [-0.39, 0.29) is 28.1 Å². The second kappa shape index (κ2) is 9.13. The Hall–Kier alpha value is -1.69. The quantitative estimate of drug-likeness (QED) is 0.530. The second-order valence-electron chi connectivity index (χ2n) is 5.27. The molecule has 0 saturated heterocycles. The lowest BCUT2D eigenvalue weighted by Gasteiger charge is -2.17. The first-order valence-electron chi connectivity index (χ1n) is 7.40. The van der Waals surface area contributed by atoms with Crippen LogP contribution in [0.3, 0.4) is 0 Å². The minimum Gasteiger partial charge on any atom is -0.452 e. The van der Waals surface area contributed by atoms with Gasteiger partial charge < -0.3 is 9.64 Å². The van der Waals surface area contributed by atoms with Gasteiger partial charge in [0.15, 0.2) is 6.61 Å². The number of nitrogens with zero attached hydrogens (tertiary/aromatic N) is 1. The highest BCUT2D eigenvalue weighted by atomic mass is 35.5. The summed E-state index contributed by atoms with van der Waals surface area (Å²) < 4.78 is 5.04. The van der Waals surface area contributed by atoms with Crippen LogP contribution in [0.2, 0.25) is 10.0 Å². The van der Waals surface area contributed by atoms with Crippen LogP contribution in [-0.4, -0.2) is 36.7 Å². The molecule has 0 aliphatic heterocycles. The molecule has 25 heavy (non-hydrogen) atoms. The molecule has 0 spiro atoms. The van der Waals surface area contributed by atoms with Gasteiger partial charge in [0.25, 0.3) is 5.91 Å². The van der Waals surface area contributed by atoms with Crippen LogP contribution in [0.4, 0.5) is 0 Å². The van der Waals surface area contributed by atoms with Crippen molar-refractivity contribution in [2.24, 2.45) is 0 Å². The van der Waals surface area contributed by atoms with Crippen LogP contribution >= 0.6 is 35.0 Å². The molecule has 132 valence electrons. The number of carbonyl (C=O) groups excluding carboxylic acids is 2. The number of rotatable bonds is 6. The van der Waals surface area contributed by atoms with Gasteiger partial charge in [-0.05, 0) is 36.1 Å². The summed E-state index contributed by atoms with van der Waals surface area (Å²) in [5.74, 6) is -1.04. The lowest BCUT2D eigenvalue weighted by molar-refractivity contribution is -0.133. The van der Waals surface area contributed by atoms with Crippen LogP contribution in [0, 0.1) is 0 Å². The van der Waals surface area contributed by atoms with Crippen LogP contribution in [0.15, 0.2) is 47.4 Å². The Bertz CT molecular complexity index is 745. The van der Waals surface area contributed by atoms with Crippen LogP contribution in [0.5, 0.6) is 0 Å². The Morgan fingerprint density at radius 3 is 2.24 bits per heavy atom. The Kier molecular flexibility index (Phi) is 7.17. The molecule has 0 fully saturated rings. The van der Waals surface area contributed by atoms with Crippen molar-refractivity contribution >= 4 is 46.8 Å². The largest absolute Gasteiger partial charge is 0.452 e. The smallest absolute Gasteiger partial charge is 0.341 e. The van der Waals surface area contributed by atoms with E-state index in [2.05, 4.69) is 0 Å². The lowest BCUT2D eigenvalue weighted by atomic mass is 10.2. The van der Waals surface area contributed by atoms with E-state index in [9.17, 15) is 9.59 Å². The zero-order valence-corrected chi connectivity index (χ0v) is 16.1. The van der Waals surface area contributed by atoms with Crippen molar-refractivity contribution in [2.75, 3.05) is 19.9 Å². The van der Waals surface area contributed by atoms with Crippen molar-refractivity contribution in [1.82, 2.24) is 4.90 Å². The third kappa shape index (κ3) is 5.39. The van der Waals surface area contributed by atoms with Crippen LogP contribution in [-0.2, 0) is 16.1 Å². The number of carbonyl (C=O) groups is 2. The first-order chi connectivity index (χ1) is 11.9. The Morgan fingerprint density at radius 2 is 1.68 bits per heavy atom. The standard InChI is InChI=1S/C18H17Cl2NO3S/c1-21(10-12-6-8-13(25-2)9-7-12)16(22)11-24-18(23)17-14(19)4-3-5-15(17)20/h3-9H,10-11H2,1-2H3. The summed E-state index contributed by atoms with van der Waals surface area (Å²) in [6.45, 7) is 0.0532. The van der Waals surface area contributed by atoms with E-state index in [4.69, 9.17) is 27.9 Å². The predicted octanol–water partition coefficient (Wildman–Crippen LogP) is 4.53. The molecule has 0 unspecified atom stereocenters. The number of halogens is 2. The topological polar surface area (TPSA) is 46.6 Å².